The number of alkyl halides is 3. The number of ether oxygens (including phenoxy) is 1. The Balaban J connectivity index is 1.98. The standard InChI is InChI=1S/C21H22Cl3N3O4/c1-13(2)11-18(29)26-20(21(22,23)24)31-15-9-7-14(8-10-15)12-25-27-19(30)16-5-3-4-6-17(16)28/h3-10,12-13,20,28H,11H2,1-2H3,(H,26,29)(H,27,30)/b25-12-/t20-/m0/s1. The average molecular weight is 487 g/mol. The predicted octanol–water partition coefficient (Wildman–Crippen LogP) is 4.39. The molecule has 0 aliphatic heterocycles. The lowest BCUT2D eigenvalue weighted by atomic mass is 10.1. The highest BCUT2D eigenvalue weighted by molar-refractivity contribution is 6.68. The molecule has 0 saturated heterocycles. The largest absolute Gasteiger partial charge is 0.507 e. The summed E-state index contributed by atoms with van der Waals surface area (Å²) >= 11 is 17.8. The fraction of sp³-hybridized carbons (Fsp3) is 0.286. The van der Waals surface area contributed by atoms with Crippen LogP contribution >= 0.6 is 34.8 Å². The summed E-state index contributed by atoms with van der Waals surface area (Å²) in [7, 11) is 0. The molecule has 0 bridgehead atoms. The van der Waals surface area contributed by atoms with Crippen molar-refractivity contribution >= 4 is 52.8 Å². The van der Waals surface area contributed by atoms with Crippen LogP contribution in [0.25, 0.3) is 0 Å². The van der Waals surface area contributed by atoms with Crippen LogP contribution in [-0.2, 0) is 4.79 Å². The fourth-order valence-corrected chi connectivity index (χ4v) is 2.71. The molecule has 31 heavy (non-hydrogen) atoms. The van der Waals surface area contributed by atoms with Crippen LogP contribution in [0.3, 0.4) is 0 Å². The van der Waals surface area contributed by atoms with Gasteiger partial charge in [0.1, 0.15) is 11.5 Å². The van der Waals surface area contributed by atoms with E-state index in [0.29, 0.717) is 11.3 Å². The van der Waals surface area contributed by atoms with Gasteiger partial charge in [0.15, 0.2) is 0 Å². The Morgan fingerprint density at radius 1 is 1.13 bits per heavy atom. The molecule has 0 aromatic heterocycles. The third kappa shape index (κ3) is 8.28. The van der Waals surface area contributed by atoms with Crippen molar-refractivity contribution in [2.45, 2.75) is 30.3 Å². The molecule has 2 aromatic rings. The van der Waals surface area contributed by atoms with Gasteiger partial charge in [-0.15, -0.1) is 0 Å². The summed E-state index contributed by atoms with van der Waals surface area (Å²) < 4.78 is 3.76. The zero-order valence-electron chi connectivity index (χ0n) is 16.8. The van der Waals surface area contributed by atoms with Crippen molar-refractivity contribution in [1.29, 1.82) is 0 Å². The summed E-state index contributed by atoms with van der Waals surface area (Å²) in [6, 6.07) is 12.7. The Morgan fingerprint density at radius 2 is 1.77 bits per heavy atom. The number of rotatable bonds is 8. The van der Waals surface area contributed by atoms with E-state index in [9.17, 15) is 14.7 Å². The van der Waals surface area contributed by atoms with Gasteiger partial charge in [-0.05, 0) is 47.9 Å². The highest BCUT2D eigenvalue weighted by atomic mass is 35.6. The molecular formula is C21H22Cl3N3O4. The van der Waals surface area contributed by atoms with Crippen molar-refractivity contribution in [3.05, 3.63) is 59.7 Å². The number of amides is 2. The van der Waals surface area contributed by atoms with Gasteiger partial charge in [0, 0.05) is 6.42 Å². The number of aromatic hydroxyl groups is 1. The molecule has 166 valence electrons. The lowest BCUT2D eigenvalue weighted by Gasteiger charge is -2.26. The van der Waals surface area contributed by atoms with Crippen molar-refractivity contribution in [3.8, 4) is 11.5 Å². The number of phenolic OH excluding ortho intramolecular Hbond substituents is 1. The van der Waals surface area contributed by atoms with Crippen molar-refractivity contribution < 1.29 is 19.4 Å². The van der Waals surface area contributed by atoms with E-state index in [0.717, 1.165) is 0 Å². The lowest BCUT2D eigenvalue weighted by Crippen LogP contribution is -2.48. The van der Waals surface area contributed by atoms with Gasteiger partial charge in [-0.25, -0.2) is 5.43 Å². The summed E-state index contributed by atoms with van der Waals surface area (Å²) in [5, 5.41) is 16.1. The first-order valence-electron chi connectivity index (χ1n) is 9.30. The number of benzene rings is 2. The molecular weight excluding hydrogens is 465 g/mol. The minimum atomic E-state index is -1.87. The number of hydrogen-bond donors (Lipinski definition) is 3. The summed E-state index contributed by atoms with van der Waals surface area (Å²) in [5.74, 6) is -0.481. The molecule has 0 unspecified atom stereocenters. The first-order valence-corrected chi connectivity index (χ1v) is 10.4. The second kappa shape index (κ2) is 11.2. The van der Waals surface area contributed by atoms with E-state index in [1.807, 2.05) is 13.8 Å². The zero-order chi connectivity index (χ0) is 23.0. The zero-order valence-corrected chi connectivity index (χ0v) is 19.1. The number of nitrogens with zero attached hydrogens (tertiary/aromatic N) is 1. The number of hydrazone groups is 1. The van der Waals surface area contributed by atoms with E-state index in [1.54, 1.807) is 36.4 Å². The first-order chi connectivity index (χ1) is 14.6. The maximum Gasteiger partial charge on any atom is 0.275 e. The van der Waals surface area contributed by atoms with Gasteiger partial charge in [-0.3, -0.25) is 9.59 Å². The molecule has 2 aromatic carbocycles. The van der Waals surface area contributed by atoms with Crippen molar-refractivity contribution in [1.82, 2.24) is 10.7 Å². The molecule has 0 aliphatic rings. The molecule has 0 fully saturated rings. The van der Waals surface area contributed by atoms with Crippen molar-refractivity contribution in [2.24, 2.45) is 11.0 Å². The number of phenols is 1. The van der Waals surface area contributed by atoms with Crippen LogP contribution in [0.1, 0.15) is 36.2 Å². The number of para-hydroxylation sites is 1. The molecule has 1 atom stereocenters. The van der Waals surface area contributed by atoms with E-state index in [-0.39, 0.29) is 29.6 Å². The monoisotopic (exact) mass is 485 g/mol. The molecule has 2 rings (SSSR count). The van der Waals surface area contributed by atoms with E-state index in [2.05, 4.69) is 15.8 Å². The van der Waals surface area contributed by atoms with Crippen LogP contribution in [0, 0.1) is 5.92 Å². The van der Waals surface area contributed by atoms with Gasteiger partial charge >= 0.3 is 0 Å². The molecule has 0 saturated carbocycles. The predicted molar refractivity (Wildman–Crippen MR) is 122 cm³/mol. The van der Waals surface area contributed by atoms with Gasteiger partial charge in [0.25, 0.3) is 5.91 Å². The summed E-state index contributed by atoms with van der Waals surface area (Å²) in [4.78, 5) is 24.0. The minimum Gasteiger partial charge on any atom is -0.507 e. The van der Waals surface area contributed by atoms with Gasteiger partial charge in [0.2, 0.25) is 15.9 Å². The Labute approximate surface area is 195 Å². The van der Waals surface area contributed by atoms with Crippen molar-refractivity contribution in [3.63, 3.8) is 0 Å². The third-order valence-corrected chi connectivity index (χ3v) is 4.44. The molecule has 2 amide bonds. The van der Waals surface area contributed by atoms with Gasteiger partial charge < -0.3 is 15.2 Å². The number of nitrogens with one attached hydrogen (secondary N) is 2. The molecule has 7 nitrogen and oxygen atoms in total. The Kier molecular flexibility index (Phi) is 8.98. The van der Waals surface area contributed by atoms with Crippen LogP contribution in [-0.4, -0.2) is 33.2 Å². The van der Waals surface area contributed by atoms with Crippen molar-refractivity contribution in [2.75, 3.05) is 0 Å². The number of carbonyl (C=O) groups is 2. The molecule has 0 aliphatic carbocycles. The smallest absolute Gasteiger partial charge is 0.275 e. The van der Waals surface area contributed by atoms with Crippen LogP contribution in [0.15, 0.2) is 53.6 Å². The van der Waals surface area contributed by atoms with Crippen LogP contribution in [0.4, 0.5) is 0 Å². The van der Waals surface area contributed by atoms with E-state index in [1.165, 1.54) is 18.3 Å². The highest BCUT2D eigenvalue weighted by Gasteiger charge is 2.36. The average Bonchev–Trinajstić information content (AvgIpc) is 2.67. The third-order valence-electron chi connectivity index (χ3n) is 3.85. The summed E-state index contributed by atoms with van der Waals surface area (Å²) in [5.41, 5.74) is 3.10. The maximum absolute atomic E-state index is 12.0. The minimum absolute atomic E-state index is 0.112. The molecule has 10 heteroatoms. The number of carbonyl (C=O) groups excluding carboxylic acids is 2. The van der Waals surface area contributed by atoms with Crippen LogP contribution in [0.2, 0.25) is 0 Å². The Hall–Kier alpha value is -2.48. The first kappa shape index (κ1) is 24.8. The summed E-state index contributed by atoms with van der Waals surface area (Å²) in [6.45, 7) is 3.80. The summed E-state index contributed by atoms with van der Waals surface area (Å²) in [6.07, 6.45) is 0.502. The molecule has 0 heterocycles. The SMILES string of the molecule is CC(C)CC(=O)N[C@@H](Oc1ccc(/C=N\NC(=O)c2ccccc2O)cc1)C(Cl)(Cl)Cl. The Morgan fingerprint density at radius 3 is 2.35 bits per heavy atom. The van der Waals surface area contributed by atoms with E-state index >= 15 is 0 Å². The second-order valence-corrected chi connectivity index (χ2v) is 9.36. The van der Waals surface area contributed by atoms with Crippen LogP contribution < -0.4 is 15.5 Å². The highest BCUT2D eigenvalue weighted by Crippen LogP contribution is 2.32. The fourth-order valence-electron chi connectivity index (χ4n) is 2.41. The van der Waals surface area contributed by atoms with E-state index in [4.69, 9.17) is 39.5 Å². The second-order valence-electron chi connectivity index (χ2n) is 6.99. The number of hydrogen-bond acceptors (Lipinski definition) is 5. The Bertz CT molecular complexity index is 928. The van der Waals surface area contributed by atoms with Crippen LogP contribution in [0.5, 0.6) is 11.5 Å². The number of halogens is 3. The van der Waals surface area contributed by atoms with Gasteiger partial charge in [-0.1, -0.05) is 60.8 Å². The van der Waals surface area contributed by atoms with Gasteiger partial charge in [0.05, 0.1) is 11.8 Å². The lowest BCUT2D eigenvalue weighted by molar-refractivity contribution is -0.124. The molecule has 0 radical (unpaired) electrons. The quantitative estimate of drug-likeness (QED) is 0.223. The normalized spacial score (nSPS) is 12.6. The molecule has 0 spiro atoms. The molecule has 3 N–H and O–H groups in total. The van der Waals surface area contributed by atoms with Gasteiger partial charge in [-0.2, -0.15) is 5.10 Å². The topological polar surface area (TPSA) is 100 Å². The maximum atomic E-state index is 12.0. The van der Waals surface area contributed by atoms with E-state index < -0.39 is 15.9 Å².